The Kier molecular flexibility index (Phi) is 6.12. The maximum atomic E-state index is 12.0. The Bertz CT molecular complexity index is 899. The van der Waals surface area contributed by atoms with Crippen LogP contribution in [0.2, 0.25) is 0 Å². The molecule has 0 aliphatic carbocycles. The monoisotopic (exact) mass is 362 g/mol. The maximum Gasteiger partial charge on any atom is 0.239 e. The molecule has 2 aromatic heterocycles. The summed E-state index contributed by atoms with van der Waals surface area (Å²) in [5.74, 6) is 0.243. The van der Waals surface area contributed by atoms with E-state index in [-0.39, 0.29) is 0 Å². The highest BCUT2D eigenvalue weighted by molar-refractivity contribution is 5.81. The van der Waals surface area contributed by atoms with E-state index in [4.69, 9.17) is 10.5 Å². The van der Waals surface area contributed by atoms with Crippen LogP contribution in [0.15, 0.2) is 67.3 Å². The van der Waals surface area contributed by atoms with E-state index in [1.807, 2.05) is 54.9 Å². The van der Waals surface area contributed by atoms with Crippen LogP contribution < -0.4 is 15.8 Å². The van der Waals surface area contributed by atoms with Gasteiger partial charge >= 0.3 is 0 Å². The van der Waals surface area contributed by atoms with Crippen molar-refractivity contribution in [3.63, 3.8) is 0 Å². The van der Waals surface area contributed by atoms with Crippen LogP contribution in [0.1, 0.15) is 28.3 Å². The van der Waals surface area contributed by atoms with Crippen molar-refractivity contribution in [2.75, 3.05) is 7.11 Å². The number of ether oxygens (including phenoxy) is 1. The van der Waals surface area contributed by atoms with Crippen molar-refractivity contribution in [3.05, 3.63) is 89.5 Å². The van der Waals surface area contributed by atoms with Crippen LogP contribution in [0.25, 0.3) is 0 Å². The van der Waals surface area contributed by atoms with E-state index in [0.29, 0.717) is 12.3 Å². The highest BCUT2D eigenvalue weighted by Gasteiger charge is 2.18. The summed E-state index contributed by atoms with van der Waals surface area (Å²) in [7, 11) is 1.59. The van der Waals surface area contributed by atoms with Crippen LogP contribution >= 0.6 is 0 Å². The van der Waals surface area contributed by atoms with Gasteiger partial charge in [0.15, 0.2) is 0 Å². The molecule has 0 radical (unpaired) electrons. The number of carbonyl (C=O) groups excluding carboxylic acids is 1. The third-order valence-corrected chi connectivity index (χ3v) is 4.33. The number of pyridine rings is 2. The standard InChI is InChI=1S/C21H22N4O2/c1-27-19-6-2-5-16(11-19)20(21(22)26)25-14-17-7-9-24-13-18(17)10-15-4-3-8-23-12-15/h2-9,11-13,20,25H,10,14H2,1H3,(H2,22,26). The van der Waals surface area contributed by atoms with E-state index < -0.39 is 11.9 Å². The van der Waals surface area contributed by atoms with Crippen molar-refractivity contribution in [3.8, 4) is 5.75 Å². The molecule has 0 spiro atoms. The number of hydrogen-bond donors (Lipinski definition) is 2. The minimum atomic E-state index is -0.612. The van der Waals surface area contributed by atoms with E-state index in [1.165, 1.54) is 0 Å². The molecule has 1 atom stereocenters. The molecule has 1 amide bonds. The molecule has 0 aliphatic heterocycles. The van der Waals surface area contributed by atoms with Crippen molar-refractivity contribution in [2.45, 2.75) is 19.0 Å². The van der Waals surface area contributed by atoms with Gasteiger partial charge in [0, 0.05) is 37.8 Å². The number of rotatable bonds is 8. The van der Waals surface area contributed by atoms with Gasteiger partial charge in [-0.15, -0.1) is 0 Å². The second-order valence-electron chi connectivity index (χ2n) is 6.18. The van der Waals surface area contributed by atoms with E-state index in [2.05, 4.69) is 15.3 Å². The quantitative estimate of drug-likeness (QED) is 0.642. The molecule has 1 aromatic carbocycles. The lowest BCUT2D eigenvalue weighted by atomic mass is 10.0. The topological polar surface area (TPSA) is 90.1 Å². The third-order valence-electron chi connectivity index (χ3n) is 4.33. The molecule has 0 saturated carbocycles. The fraction of sp³-hybridized carbons (Fsp3) is 0.190. The van der Waals surface area contributed by atoms with Crippen molar-refractivity contribution < 1.29 is 9.53 Å². The zero-order valence-electron chi connectivity index (χ0n) is 15.1. The number of nitrogens with one attached hydrogen (secondary N) is 1. The molecule has 3 rings (SSSR count). The van der Waals surface area contributed by atoms with Crippen LogP contribution in [0, 0.1) is 0 Å². The predicted octanol–water partition coefficient (Wildman–Crippen LogP) is 2.39. The van der Waals surface area contributed by atoms with Gasteiger partial charge in [-0.3, -0.25) is 20.1 Å². The number of methoxy groups -OCH3 is 1. The second kappa shape index (κ2) is 8.91. The van der Waals surface area contributed by atoms with Gasteiger partial charge in [-0.05, 0) is 46.5 Å². The molecule has 138 valence electrons. The van der Waals surface area contributed by atoms with Gasteiger partial charge in [0.25, 0.3) is 0 Å². The molecule has 6 nitrogen and oxygen atoms in total. The Morgan fingerprint density at radius 2 is 1.96 bits per heavy atom. The highest BCUT2D eigenvalue weighted by atomic mass is 16.5. The maximum absolute atomic E-state index is 12.0. The van der Waals surface area contributed by atoms with Gasteiger partial charge < -0.3 is 10.5 Å². The zero-order valence-corrected chi connectivity index (χ0v) is 15.1. The summed E-state index contributed by atoms with van der Waals surface area (Å²) < 4.78 is 5.24. The summed E-state index contributed by atoms with van der Waals surface area (Å²) in [6.45, 7) is 0.489. The molecule has 0 aliphatic rings. The van der Waals surface area contributed by atoms with Crippen LogP contribution in [-0.4, -0.2) is 23.0 Å². The lowest BCUT2D eigenvalue weighted by Gasteiger charge is -2.18. The molecule has 0 fully saturated rings. The van der Waals surface area contributed by atoms with Gasteiger partial charge in [-0.2, -0.15) is 0 Å². The number of nitrogens with zero attached hydrogens (tertiary/aromatic N) is 2. The Morgan fingerprint density at radius 1 is 1.11 bits per heavy atom. The summed E-state index contributed by atoms with van der Waals surface area (Å²) >= 11 is 0. The van der Waals surface area contributed by atoms with Crippen molar-refractivity contribution in [1.82, 2.24) is 15.3 Å². The number of nitrogens with two attached hydrogens (primary N) is 1. The average molecular weight is 362 g/mol. The van der Waals surface area contributed by atoms with Crippen molar-refractivity contribution in [1.29, 1.82) is 0 Å². The molecule has 3 N–H and O–H groups in total. The Labute approximate surface area is 158 Å². The number of primary amides is 1. The molecule has 6 heteroatoms. The van der Waals surface area contributed by atoms with Crippen LogP contribution in [0.4, 0.5) is 0 Å². The molecular weight excluding hydrogens is 340 g/mol. The van der Waals surface area contributed by atoms with Gasteiger partial charge in [-0.25, -0.2) is 0 Å². The minimum absolute atomic E-state index is 0.439. The summed E-state index contributed by atoms with van der Waals surface area (Å²) in [6.07, 6.45) is 7.90. The number of carbonyl (C=O) groups is 1. The van der Waals surface area contributed by atoms with Gasteiger partial charge in [0.1, 0.15) is 11.8 Å². The third kappa shape index (κ3) is 4.89. The SMILES string of the molecule is COc1cccc(C(NCc2ccncc2Cc2cccnc2)C(N)=O)c1. The van der Waals surface area contributed by atoms with E-state index in [1.54, 1.807) is 19.5 Å². The van der Waals surface area contributed by atoms with Gasteiger partial charge in [-0.1, -0.05) is 18.2 Å². The lowest BCUT2D eigenvalue weighted by molar-refractivity contribution is -0.120. The number of amides is 1. The summed E-state index contributed by atoms with van der Waals surface area (Å²) in [6, 6.07) is 12.6. The van der Waals surface area contributed by atoms with E-state index >= 15 is 0 Å². The number of aromatic nitrogens is 2. The average Bonchev–Trinajstić information content (AvgIpc) is 2.70. The first-order chi connectivity index (χ1) is 13.2. The van der Waals surface area contributed by atoms with Crippen molar-refractivity contribution in [2.24, 2.45) is 5.73 Å². The Balaban J connectivity index is 1.77. The first-order valence-electron chi connectivity index (χ1n) is 8.64. The predicted molar refractivity (Wildman–Crippen MR) is 103 cm³/mol. The second-order valence-corrected chi connectivity index (χ2v) is 6.18. The summed E-state index contributed by atoms with van der Waals surface area (Å²) in [5.41, 5.74) is 9.63. The normalized spacial score (nSPS) is 11.7. The fourth-order valence-corrected chi connectivity index (χ4v) is 2.93. The summed E-state index contributed by atoms with van der Waals surface area (Å²) in [4.78, 5) is 20.4. The fourth-order valence-electron chi connectivity index (χ4n) is 2.93. The molecule has 27 heavy (non-hydrogen) atoms. The molecular formula is C21H22N4O2. The largest absolute Gasteiger partial charge is 0.497 e. The number of benzene rings is 1. The van der Waals surface area contributed by atoms with Gasteiger partial charge in [0.2, 0.25) is 5.91 Å². The lowest BCUT2D eigenvalue weighted by Crippen LogP contribution is -2.33. The highest BCUT2D eigenvalue weighted by Crippen LogP contribution is 2.20. The van der Waals surface area contributed by atoms with Crippen LogP contribution in [-0.2, 0) is 17.8 Å². The van der Waals surface area contributed by atoms with Crippen LogP contribution in [0.3, 0.4) is 0 Å². The molecule has 1 unspecified atom stereocenters. The smallest absolute Gasteiger partial charge is 0.239 e. The molecule has 0 bridgehead atoms. The Hall–Kier alpha value is -3.25. The molecule has 2 heterocycles. The van der Waals surface area contributed by atoms with E-state index in [9.17, 15) is 4.79 Å². The van der Waals surface area contributed by atoms with Crippen molar-refractivity contribution >= 4 is 5.91 Å². The summed E-state index contributed by atoms with van der Waals surface area (Å²) in [5, 5.41) is 3.26. The zero-order chi connectivity index (χ0) is 19.1. The first-order valence-corrected chi connectivity index (χ1v) is 8.64. The Morgan fingerprint density at radius 3 is 2.70 bits per heavy atom. The first kappa shape index (κ1) is 18.5. The van der Waals surface area contributed by atoms with E-state index in [0.717, 1.165) is 28.7 Å². The molecule has 0 saturated heterocycles. The molecule has 3 aromatic rings. The minimum Gasteiger partial charge on any atom is -0.497 e. The van der Waals surface area contributed by atoms with Gasteiger partial charge in [0.05, 0.1) is 7.11 Å². The van der Waals surface area contributed by atoms with Crippen LogP contribution in [0.5, 0.6) is 5.75 Å². The number of hydrogen-bond acceptors (Lipinski definition) is 5.